The van der Waals surface area contributed by atoms with E-state index in [-0.39, 0.29) is 10.6 Å². The molecule has 0 aliphatic heterocycles. The van der Waals surface area contributed by atoms with E-state index in [2.05, 4.69) is 20.5 Å². The third-order valence-corrected chi connectivity index (χ3v) is 7.20. The number of hydrogen-bond acceptors (Lipinski definition) is 5. The van der Waals surface area contributed by atoms with Crippen LogP contribution in [0.15, 0.2) is 57.9 Å². The predicted octanol–water partition coefficient (Wildman–Crippen LogP) is 5.59. The number of benzene rings is 2. The largest absolute Gasteiger partial charge is 0.442 e. The van der Waals surface area contributed by atoms with Crippen LogP contribution >= 0.6 is 35.3 Å². The van der Waals surface area contributed by atoms with Crippen molar-refractivity contribution in [1.82, 2.24) is 0 Å². The van der Waals surface area contributed by atoms with Crippen LogP contribution in [0.1, 0.15) is 11.1 Å². The van der Waals surface area contributed by atoms with Gasteiger partial charge in [-0.2, -0.15) is 20.5 Å². The predicted molar refractivity (Wildman–Crippen MR) is 115 cm³/mol. The zero-order chi connectivity index (χ0) is 21.7. The summed E-state index contributed by atoms with van der Waals surface area (Å²) in [7, 11) is -8.27. The molecule has 0 aromatic heterocycles. The highest BCUT2D eigenvalue weighted by molar-refractivity contribution is 9.10. The summed E-state index contributed by atoms with van der Waals surface area (Å²) in [5.41, 5.74) is 1.65. The minimum Gasteiger partial charge on any atom is -0.420 e. The molecule has 0 aliphatic rings. The average Bonchev–Trinajstić information content (AvgIpc) is 2.63. The second kappa shape index (κ2) is 10.2. The molecule has 2 rings (SSSR count). The van der Waals surface area contributed by atoms with E-state index < -0.39 is 23.6 Å². The molecule has 0 radical (unpaired) electrons. The molecule has 0 spiro atoms. The lowest BCUT2D eigenvalue weighted by Crippen LogP contribution is -2.01. The topological polar surface area (TPSA) is 80.7 Å². The fourth-order valence-corrected chi connectivity index (χ4v) is 4.76. The normalized spacial score (nSPS) is 14.3. The first-order valence-electron chi connectivity index (χ1n) is 8.12. The van der Waals surface area contributed by atoms with Gasteiger partial charge in [0.25, 0.3) is 0 Å². The standard InChI is InChI=1S/C18H18BrF2O5PS2/c1-29(24,25)15-6-2-4-13(10-15)5-3-9-28-12-14-7-8-17(16(19)11-14)26-27(22,23)18(20)21/h2-8,10-11,18H,9,12H2,1H3,(H,22,23). The van der Waals surface area contributed by atoms with Crippen LogP contribution in [0.3, 0.4) is 0 Å². The van der Waals surface area contributed by atoms with Gasteiger partial charge >= 0.3 is 13.8 Å². The lowest BCUT2D eigenvalue weighted by molar-refractivity contribution is 0.188. The molecule has 29 heavy (non-hydrogen) atoms. The summed E-state index contributed by atoms with van der Waals surface area (Å²) in [4.78, 5) is 9.38. The zero-order valence-electron chi connectivity index (χ0n) is 15.2. The summed E-state index contributed by atoms with van der Waals surface area (Å²) in [6.45, 7) is 0. The van der Waals surface area contributed by atoms with Crippen molar-refractivity contribution in [2.45, 2.75) is 16.8 Å². The average molecular weight is 527 g/mol. The molecule has 5 nitrogen and oxygen atoms in total. The molecular weight excluding hydrogens is 509 g/mol. The van der Waals surface area contributed by atoms with E-state index in [1.54, 1.807) is 42.1 Å². The van der Waals surface area contributed by atoms with Gasteiger partial charge in [-0.25, -0.2) is 13.0 Å². The molecular formula is C18H18BrF2O5PS2. The van der Waals surface area contributed by atoms with Crippen molar-refractivity contribution < 1.29 is 31.2 Å². The van der Waals surface area contributed by atoms with E-state index in [4.69, 9.17) is 4.89 Å². The molecule has 0 amide bonds. The van der Waals surface area contributed by atoms with Crippen molar-refractivity contribution in [3.05, 3.63) is 64.1 Å². The van der Waals surface area contributed by atoms with Crippen LogP contribution in [-0.2, 0) is 20.2 Å². The highest BCUT2D eigenvalue weighted by Gasteiger charge is 2.34. The second-order valence-electron chi connectivity index (χ2n) is 5.96. The van der Waals surface area contributed by atoms with Crippen LogP contribution in [0.25, 0.3) is 6.08 Å². The van der Waals surface area contributed by atoms with Gasteiger partial charge in [0.2, 0.25) is 0 Å². The van der Waals surface area contributed by atoms with Gasteiger partial charge in [-0.3, -0.25) is 0 Å². The van der Waals surface area contributed by atoms with Gasteiger partial charge in [0.05, 0.1) is 9.37 Å². The van der Waals surface area contributed by atoms with E-state index >= 15 is 0 Å². The fraction of sp³-hybridized carbons (Fsp3) is 0.222. The quantitative estimate of drug-likeness (QED) is 0.339. The van der Waals surface area contributed by atoms with Crippen LogP contribution in [0.4, 0.5) is 8.78 Å². The third kappa shape index (κ3) is 7.53. The Bertz CT molecular complexity index is 1040. The second-order valence-corrected chi connectivity index (χ2v) is 11.6. The smallest absolute Gasteiger partial charge is 0.420 e. The summed E-state index contributed by atoms with van der Waals surface area (Å²) in [6.07, 6.45) is 1.42. The monoisotopic (exact) mass is 526 g/mol. The summed E-state index contributed by atoms with van der Waals surface area (Å²) in [6, 6.07) is 11.3. The Morgan fingerprint density at radius 2 is 2.00 bits per heavy atom. The Kier molecular flexibility index (Phi) is 8.48. The first-order chi connectivity index (χ1) is 13.5. The van der Waals surface area contributed by atoms with Crippen molar-refractivity contribution in [1.29, 1.82) is 0 Å². The lowest BCUT2D eigenvalue weighted by atomic mass is 10.2. The van der Waals surface area contributed by atoms with Crippen LogP contribution in [0.2, 0.25) is 0 Å². The van der Waals surface area contributed by atoms with Crippen molar-refractivity contribution in [2.24, 2.45) is 0 Å². The van der Waals surface area contributed by atoms with E-state index in [1.807, 2.05) is 18.2 Å². The summed E-state index contributed by atoms with van der Waals surface area (Å²) in [5, 5.41) is 0. The molecule has 2 aromatic carbocycles. The van der Waals surface area contributed by atoms with Crippen LogP contribution in [0, 0.1) is 0 Å². The van der Waals surface area contributed by atoms with Gasteiger partial charge in [-0.1, -0.05) is 30.4 Å². The minimum absolute atomic E-state index is 0.129. The molecule has 0 aliphatic carbocycles. The first-order valence-corrected chi connectivity index (χ1v) is 13.6. The SMILES string of the molecule is CS(=O)(=O)c1cccc(C=CCSCc2ccc(OP(=O)(O)C(F)F)c(Br)c2)c1. The Morgan fingerprint density at radius 3 is 2.62 bits per heavy atom. The molecule has 158 valence electrons. The molecule has 1 N–H and O–H groups in total. The fourth-order valence-electron chi connectivity index (χ4n) is 2.17. The lowest BCUT2D eigenvalue weighted by Gasteiger charge is -2.14. The van der Waals surface area contributed by atoms with Crippen LogP contribution in [0.5, 0.6) is 5.75 Å². The molecule has 0 heterocycles. The van der Waals surface area contributed by atoms with Crippen molar-refractivity contribution in [3.8, 4) is 5.75 Å². The molecule has 0 bridgehead atoms. The molecule has 0 saturated carbocycles. The number of sulfone groups is 1. The Hall–Kier alpha value is -1.19. The van der Waals surface area contributed by atoms with Crippen LogP contribution < -0.4 is 4.52 Å². The van der Waals surface area contributed by atoms with Gasteiger partial charge in [-0.15, -0.1) is 0 Å². The molecule has 2 aromatic rings. The van der Waals surface area contributed by atoms with E-state index in [9.17, 15) is 21.8 Å². The van der Waals surface area contributed by atoms with Gasteiger partial charge in [0.1, 0.15) is 5.75 Å². The number of rotatable bonds is 9. The van der Waals surface area contributed by atoms with E-state index in [1.165, 1.54) is 6.07 Å². The minimum atomic E-state index is -5.02. The van der Waals surface area contributed by atoms with Gasteiger partial charge in [0.15, 0.2) is 9.84 Å². The summed E-state index contributed by atoms with van der Waals surface area (Å²) in [5.74, 6) is 1.14. The highest BCUT2D eigenvalue weighted by atomic mass is 79.9. The van der Waals surface area contributed by atoms with Gasteiger partial charge in [0, 0.05) is 17.8 Å². The Balaban J connectivity index is 1.90. The summed E-state index contributed by atoms with van der Waals surface area (Å²) < 4.78 is 64.2. The summed E-state index contributed by atoms with van der Waals surface area (Å²) >= 11 is 4.73. The Morgan fingerprint density at radius 1 is 1.28 bits per heavy atom. The van der Waals surface area contributed by atoms with Crippen molar-refractivity contribution in [2.75, 3.05) is 12.0 Å². The molecule has 1 atom stereocenters. The molecule has 0 fully saturated rings. The van der Waals surface area contributed by atoms with Crippen molar-refractivity contribution in [3.63, 3.8) is 0 Å². The molecule has 0 saturated heterocycles. The zero-order valence-corrected chi connectivity index (χ0v) is 19.3. The Labute approximate surface area is 180 Å². The highest BCUT2D eigenvalue weighted by Crippen LogP contribution is 2.50. The number of thioether (sulfide) groups is 1. The molecule has 1 unspecified atom stereocenters. The maximum Gasteiger partial charge on any atom is 0.442 e. The maximum atomic E-state index is 12.5. The maximum absolute atomic E-state index is 12.5. The van der Waals surface area contributed by atoms with Gasteiger partial charge < -0.3 is 9.42 Å². The number of halogens is 3. The first kappa shape index (κ1) is 24.1. The van der Waals surface area contributed by atoms with Gasteiger partial charge in [-0.05, 0) is 51.3 Å². The molecule has 11 heteroatoms. The van der Waals surface area contributed by atoms with Crippen LogP contribution in [-0.4, -0.2) is 31.5 Å². The van der Waals surface area contributed by atoms with E-state index in [0.717, 1.165) is 17.4 Å². The van der Waals surface area contributed by atoms with Crippen molar-refractivity contribution >= 4 is 51.2 Å². The van der Waals surface area contributed by atoms with E-state index in [0.29, 0.717) is 16.0 Å². The number of alkyl halides is 2. The third-order valence-electron chi connectivity index (χ3n) is 3.55. The number of hydrogen-bond donors (Lipinski definition) is 1.